The van der Waals surface area contributed by atoms with Gasteiger partial charge < -0.3 is 4.57 Å². The molecule has 6 heteroatoms. The van der Waals surface area contributed by atoms with Gasteiger partial charge in [-0.3, -0.25) is 14.5 Å². The Bertz CT molecular complexity index is 809. The molecule has 1 saturated heterocycles. The molecule has 0 radical (unpaired) electrons. The highest BCUT2D eigenvalue weighted by atomic mass is 79.9. The van der Waals surface area contributed by atoms with Gasteiger partial charge in [-0.2, -0.15) is 0 Å². The van der Waals surface area contributed by atoms with E-state index in [1.807, 2.05) is 54.9 Å². The molecular weight excluding hydrogens is 376 g/mol. The molecule has 4 nitrogen and oxygen atoms in total. The fourth-order valence-corrected chi connectivity index (χ4v) is 3.41. The number of benzene rings is 1. The zero-order chi connectivity index (χ0) is 16.6. The highest BCUT2D eigenvalue weighted by molar-refractivity contribution is 9.10. The van der Waals surface area contributed by atoms with Crippen LogP contribution in [0.15, 0.2) is 45.8 Å². The molecule has 0 N–H and O–H groups in total. The molecule has 3 rings (SSSR count). The van der Waals surface area contributed by atoms with Crippen LogP contribution in [0.2, 0.25) is 0 Å². The molecule has 0 spiro atoms. The van der Waals surface area contributed by atoms with Crippen molar-refractivity contribution in [1.82, 2.24) is 9.47 Å². The lowest BCUT2D eigenvalue weighted by Gasteiger charge is -2.12. The van der Waals surface area contributed by atoms with Gasteiger partial charge >= 0.3 is 0 Å². The third kappa shape index (κ3) is 3.28. The second kappa shape index (κ2) is 6.37. The molecule has 1 fully saturated rings. The first-order valence-electron chi connectivity index (χ1n) is 7.08. The Hall–Kier alpha value is -1.79. The standard InChI is InChI=1S/C17H15BrN2O2S/c1-11-3-8-14(19(11)2)9-15-16(21)20(17(22)23-15)10-12-4-6-13(18)7-5-12/h3-9H,10H2,1-2H3/b15-9-. The molecule has 118 valence electrons. The number of amides is 2. The number of aryl methyl sites for hydroxylation is 1. The monoisotopic (exact) mass is 390 g/mol. The van der Waals surface area contributed by atoms with Crippen molar-refractivity contribution in [2.75, 3.05) is 0 Å². The topological polar surface area (TPSA) is 42.3 Å². The first-order valence-corrected chi connectivity index (χ1v) is 8.69. The summed E-state index contributed by atoms with van der Waals surface area (Å²) in [5, 5.41) is -0.227. The predicted octanol–water partition coefficient (Wildman–Crippen LogP) is 4.33. The lowest BCUT2D eigenvalue weighted by Crippen LogP contribution is -2.27. The number of hydrogen-bond donors (Lipinski definition) is 0. The lowest BCUT2D eigenvalue weighted by molar-refractivity contribution is -0.123. The maximum atomic E-state index is 12.5. The van der Waals surface area contributed by atoms with Crippen molar-refractivity contribution in [2.24, 2.45) is 7.05 Å². The Balaban J connectivity index is 1.82. The number of halogens is 1. The number of aromatic nitrogens is 1. The van der Waals surface area contributed by atoms with E-state index in [0.29, 0.717) is 11.4 Å². The number of nitrogens with zero attached hydrogens (tertiary/aromatic N) is 2. The maximum absolute atomic E-state index is 12.5. The van der Waals surface area contributed by atoms with Crippen LogP contribution in [0.25, 0.3) is 6.08 Å². The van der Waals surface area contributed by atoms with Crippen LogP contribution < -0.4 is 0 Å². The number of thioether (sulfide) groups is 1. The Morgan fingerprint density at radius 2 is 1.83 bits per heavy atom. The van der Waals surface area contributed by atoms with Gasteiger partial charge in [0, 0.05) is 22.9 Å². The Morgan fingerprint density at radius 1 is 1.13 bits per heavy atom. The van der Waals surface area contributed by atoms with Gasteiger partial charge in [0.1, 0.15) is 0 Å². The van der Waals surface area contributed by atoms with E-state index in [4.69, 9.17) is 0 Å². The minimum absolute atomic E-state index is 0.227. The Labute approximate surface area is 147 Å². The van der Waals surface area contributed by atoms with Gasteiger partial charge in [0.15, 0.2) is 0 Å². The van der Waals surface area contributed by atoms with Gasteiger partial charge in [0.25, 0.3) is 11.1 Å². The number of rotatable bonds is 3. The highest BCUT2D eigenvalue weighted by Gasteiger charge is 2.35. The van der Waals surface area contributed by atoms with Crippen LogP contribution in [0.1, 0.15) is 17.0 Å². The molecule has 0 saturated carbocycles. The molecule has 1 aromatic carbocycles. The average molecular weight is 391 g/mol. The summed E-state index contributed by atoms with van der Waals surface area (Å²) in [7, 11) is 1.94. The minimum Gasteiger partial charge on any atom is -0.348 e. The van der Waals surface area contributed by atoms with Gasteiger partial charge in [-0.1, -0.05) is 28.1 Å². The van der Waals surface area contributed by atoms with E-state index < -0.39 is 0 Å². The third-order valence-corrected chi connectivity index (χ3v) is 5.25. The summed E-state index contributed by atoms with van der Waals surface area (Å²) in [5.41, 5.74) is 2.94. The van der Waals surface area contributed by atoms with E-state index >= 15 is 0 Å². The molecule has 2 aromatic rings. The highest BCUT2D eigenvalue weighted by Crippen LogP contribution is 2.33. The van der Waals surface area contributed by atoms with Crippen LogP contribution in [-0.4, -0.2) is 20.6 Å². The molecule has 1 aliphatic heterocycles. The SMILES string of the molecule is Cc1ccc(/C=C2\SC(=O)N(Cc3ccc(Br)cc3)C2=O)n1C. The van der Waals surface area contributed by atoms with Crippen LogP contribution >= 0.6 is 27.7 Å². The van der Waals surface area contributed by atoms with E-state index in [1.165, 1.54) is 4.90 Å². The summed E-state index contributed by atoms with van der Waals surface area (Å²) in [6, 6.07) is 11.5. The molecule has 0 bridgehead atoms. The first-order chi connectivity index (χ1) is 11.0. The van der Waals surface area contributed by atoms with Crippen molar-refractivity contribution >= 4 is 44.9 Å². The van der Waals surface area contributed by atoms with Crippen LogP contribution in [0.4, 0.5) is 4.79 Å². The van der Waals surface area contributed by atoms with Crippen molar-refractivity contribution in [3.63, 3.8) is 0 Å². The Kier molecular flexibility index (Phi) is 4.46. The minimum atomic E-state index is -0.234. The first kappa shape index (κ1) is 16.1. The fourth-order valence-electron chi connectivity index (χ4n) is 2.32. The molecule has 0 atom stereocenters. The van der Waals surface area contributed by atoms with Gasteiger partial charge in [-0.25, -0.2) is 0 Å². The van der Waals surface area contributed by atoms with Crippen molar-refractivity contribution in [2.45, 2.75) is 13.5 Å². The maximum Gasteiger partial charge on any atom is 0.293 e. The zero-order valence-electron chi connectivity index (χ0n) is 12.7. The molecule has 0 unspecified atom stereocenters. The second-order valence-corrected chi connectivity index (χ2v) is 7.26. The van der Waals surface area contributed by atoms with Crippen LogP contribution in [0.3, 0.4) is 0 Å². The van der Waals surface area contributed by atoms with E-state index in [2.05, 4.69) is 15.9 Å². The number of hydrogen-bond acceptors (Lipinski definition) is 3. The summed E-state index contributed by atoms with van der Waals surface area (Å²) in [6.45, 7) is 2.29. The van der Waals surface area contributed by atoms with Crippen LogP contribution in [-0.2, 0) is 18.4 Å². The van der Waals surface area contributed by atoms with Crippen molar-refractivity contribution in [1.29, 1.82) is 0 Å². The third-order valence-electron chi connectivity index (χ3n) is 3.82. The molecule has 2 amide bonds. The lowest BCUT2D eigenvalue weighted by atomic mass is 10.2. The summed E-state index contributed by atoms with van der Waals surface area (Å²) >= 11 is 4.37. The second-order valence-electron chi connectivity index (χ2n) is 5.35. The van der Waals surface area contributed by atoms with E-state index in [-0.39, 0.29) is 11.1 Å². The number of carbonyl (C=O) groups is 2. The molecular formula is C17H15BrN2O2S. The molecule has 0 aliphatic carbocycles. The van der Waals surface area contributed by atoms with Gasteiger partial charge in [0.2, 0.25) is 0 Å². The van der Waals surface area contributed by atoms with Gasteiger partial charge in [0.05, 0.1) is 11.4 Å². The van der Waals surface area contributed by atoms with Gasteiger partial charge in [-0.05, 0) is 54.6 Å². The summed E-state index contributed by atoms with van der Waals surface area (Å²) in [4.78, 5) is 26.4. The summed E-state index contributed by atoms with van der Waals surface area (Å²) < 4.78 is 2.96. The van der Waals surface area contributed by atoms with Crippen LogP contribution in [0.5, 0.6) is 0 Å². The smallest absolute Gasteiger partial charge is 0.293 e. The molecule has 1 aromatic heterocycles. The summed E-state index contributed by atoms with van der Waals surface area (Å²) in [6.07, 6.45) is 1.78. The van der Waals surface area contributed by atoms with Gasteiger partial charge in [-0.15, -0.1) is 0 Å². The average Bonchev–Trinajstić information content (AvgIpc) is 2.97. The van der Waals surface area contributed by atoms with Crippen molar-refractivity contribution in [3.8, 4) is 0 Å². The summed E-state index contributed by atoms with van der Waals surface area (Å²) in [5.74, 6) is -0.234. The zero-order valence-corrected chi connectivity index (χ0v) is 15.1. The van der Waals surface area contributed by atoms with E-state index in [1.54, 1.807) is 6.08 Å². The largest absolute Gasteiger partial charge is 0.348 e. The molecule has 1 aliphatic rings. The molecule has 23 heavy (non-hydrogen) atoms. The number of imide groups is 1. The fraction of sp³-hybridized carbons (Fsp3) is 0.176. The predicted molar refractivity (Wildman–Crippen MR) is 95.8 cm³/mol. The quantitative estimate of drug-likeness (QED) is 0.732. The normalized spacial score (nSPS) is 16.7. The van der Waals surface area contributed by atoms with Crippen molar-refractivity contribution in [3.05, 3.63) is 62.7 Å². The molecule has 2 heterocycles. The van der Waals surface area contributed by atoms with Crippen LogP contribution in [0, 0.1) is 6.92 Å². The van der Waals surface area contributed by atoms with E-state index in [0.717, 1.165) is 33.2 Å². The Morgan fingerprint density at radius 3 is 2.43 bits per heavy atom. The van der Waals surface area contributed by atoms with Crippen molar-refractivity contribution < 1.29 is 9.59 Å². The van der Waals surface area contributed by atoms with E-state index in [9.17, 15) is 9.59 Å². The number of carbonyl (C=O) groups excluding carboxylic acids is 2.